The van der Waals surface area contributed by atoms with E-state index in [4.69, 9.17) is 0 Å². The summed E-state index contributed by atoms with van der Waals surface area (Å²) >= 11 is 0. The molecule has 0 radical (unpaired) electrons. The maximum Gasteiger partial charge on any atom is 0.251 e. The summed E-state index contributed by atoms with van der Waals surface area (Å²) in [6.07, 6.45) is 11.3. The third-order valence-electron chi connectivity index (χ3n) is 5.68. The minimum absolute atomic E-state index is 0.0350. The Hall–Kier alpha value is -2.21. The van der Waals surface area contributed by atoms with Gasteiger partial charge in [0.05, 0.1) is 12.7 Å². The summed E-state index contributed by atoms with van der Waals surface area (Å²) in [6.45, 7) is 2.79. The summed E-state index contributed by atoms with van der Waals surface area (Å²) in [5.41, 5.74) is 1.83. The van der Waals surface area contributed by atoms with E-state index in [0.717, 1.165) is 36.7 Å². The van der Waals surface area contributed by atoms with Gasteiger partial charge in [-0.25, -0.2) is 4.68 Å². The first kappa shape index (κ1) is 17.2. The molecule has 1 atom stereocenters. The van der Waals surface area contributed by atoms with Gasteiger partial charge in [-0.3, -0.25) is 9.69 Å². The zero-order valence-electron chi connectivity index (χ0n) is 15.2. The van der Waals surface area contributed by atoms with E-state index >= 15 is 0 Å². The second-order valence-electron chi connectivity index (χ2n) is 7.54. The molecule has 1 aromatic carbocycles. The van der Waals surface area contributed by atoms with Crippen LogP contribution in [0.2, 0.25) is 0 Å². The molecule has 1 N–H and O–H groups in total. The fourth-order valence-electron chi connectivity index (χ4n) is 4.22. The highest BCUT2D eigenvalue weighted by Crippen LogP contribution is 2.25. The number of amides is 1. The van der Waals surface area contributed by atoms with Crippen molar-refractivity contribution in [2.45, 2.75) is 57.2 Å². The van der Waals surface area contributed by atoms with Crippen molar-refractivity contribution in [1.29, 1.82) is 0 Å². The van der Waals surface area contributed by atoms with E-state index in [1.807, 2.05) is 30.5 Å². The van der Waals surface area contributed by atoms with Crippen molar-refractivity contribution in [3.63, 3.8) is 0 Å². The predicted molar refractivity (Wildman–Crippen MR) is 99.9 cm³/mol. The van der Waals surface area contributed by atoms with Crippen molar-refractivity contribution in [2.24, 2.45) is 0 Å². The molecular formula is C20H27N5O. The first-order valence-electron chi connectivity index (χ1n) is 9.76. The number of rotatable bonds is 5. The summed E-state index contributed by atoms with van der Waals surface area (Å²) in [5.74, 6) is 0.0350. The standard InChI is InChI=1S/C20H27N5O/c26-20(17-8-6-16(7-9-17)14-25-13-11-21-23-25)22-18-10-12-24(15-18)19-4-2-1-3-5-19/h6-9,11,13,18-19H,1-5,10,12,14-15H2,(H,22,26). The number of likely N-dealkylation sites (tertiary alicyclic amines) is 1. The average molecular weight is 353 g/mol. The molecule has 26 heavy (non-hydrogen) atoms. The molecule has 0 bridgehead atoms. The van der Waals surface area contributed by atoms with E-state index in [-0.39, 0.29) is 11.9 Å². The molecule has 2 fully saturated rings. The normalized spacial score (nSPS) is 21.8. The number of aromatic nitrogens is 3. The fourth-order valence-corrected chi connectivity index (χ4v) is 4.22. The van der Waals surface area contributed by atoms with Gasteiger partial charge in [-0.05, 0) is 37.0 Å². The maximum absolute atomic E-state index is 12.6. The van der Waals surface area contributed by atoms with Gasteiger partial charge in [0.1, 0.15) is 0 Å². The molecule has 2 heterocycles. The van der Waals surface area contributed by atoms with Crippen molar-refractivity contribution in [3.8, 4) is 0 Å². The Bertz CT molecular complexity index is 706. The molecule has 2 aromatic rings. The van der Waals surface area contributed by atoms with E-state index in [9.17, 15) is 4.79 Å². The van der Waals surface area contributed by atoms with Gasteiger partial charge in [-0.1, -0.05) is 36.6 Å². The quantitative estimate of drug-likeness (QED) is 0.897. The van der Waals surface area contributed by atoms with Gasteiger partial charge in [0.15, 0.2) is 0 Å². The number of nitrogens with zero attached hydrogens (tertiary/aromatic N) is 4. The van der Waals surface area contributed by atoms with Crippen LogP contribution in [0.5, 0.6) is 0 Å². The number of carbonyl (C=O) groups is 1. The Morgan fingerprint density at radius 1 is 1.12 bits per heavy atom. The van der Waals surface area contributed by atoms with E-state index in [1.165, 1.54) is 32.1 Å². The molecule has 0 spiro atoms. The summed E-state index contributed by atoms with van der Waals surface area (Å²) in [7, 11) is 0. The van der Waals surface area contributed by atoms with Crippen LogP contribution in [0.25, 0.3) is 0 Å². The Morgan fingerprint density at radius 3 is 2.65 bits per heavy atom. The van der Waals surface area contributed by atoms with Crippen molar-refractivity contribution >= 4 is 5.91 Å². The van der Waals surface area contributed by atoms with Crippen molar-refractivity contribution in [2.75, 3.05) is 13.1 Å². The van der Waals surface area contributed by atoms with Crippen LogP contribution in [-0.4, -0.2) is 51.0 Å². The van der Waals surface area contributed by atoms with Crippen molar-refractivity contribution in [3.05, 3.63) is 47.8 Å². The molecule has 1 amide bonds. The lowest BCUT2D eigenvalue weighted by molar-refractivity contribution is 0.0934. The first-order chi connectivity index (χ1) is 12.8. The van der Waals surface area contributed by atoms with Gasteiger partial charge < -0.3 is 5.32 Å². The van der Waals surface area contributed by atoms with Crippen LogP contribution in [0.4, 0.5) is 0 Å². The lowest BCUT2D eigenvalue weighted by Crippen LogP contribution is -2.40. The van der Waals surface area contributed by atoms with Crippen molar-refractivity contribution < 1.29 is 4.79 Å². The molecule has 1 saturated carbocycles. The van der Waals surface area contributed by atoms with Gasteiger partial charge in [-0.2, -0.15) is 0 Å². The minimum atomic E-state index is 0.0350. The van der Waals surface area contributed by atoms with Crippen LogP contribution in [0.1, 0.15) is 54.4 Å². The van der Waals surface area contributed by atoms with Crippen LogP contribution < -0.4 is 5.32 Å². The Labute approximate surface area is 154 Å². The topological polar surface area (TPSA) is 63.1 Å². The number of carbonyl (C=O) groups excluding carboxylic acids is 1. The van der Waals surface area contributed by atoms with Gasteiger partial charge in [0.25, 0.3) is 5.91 Å². The highest BCUT2D eigenvalue weighted by atomic mass is 16.1. The predicted octanol–water partition coefficient (Wildman–Crippen LogP) is 2.46. The fraction of sp³-hybridized carbons (Fsp3) is 0.550. The van der Waals surface area contributed by atoms with Crippen molar-refractivity contribution in [1.82, 2.24) is 25.2 Å². The Morgan fingerprint density at radius 2 is 1.92 bits per heavy atom. The SMILES string of the molecule is O=C(NC1CCN(C2CCCCC2)C1)c1ccc(Cn2ccnn2)cc1. The first-order valence-corrected chi connectivity index (χ1v) is 9.76. The molecular weight excluding hydrogens is 326 g/mol. The molecule has 2 aliphatic rings. The van der Waals surface area contributed by atoms with E-state index in [1.54, 1.807) is 10.9 Å². The van der Waals surface area contributed by atoms with Gasteiger partial charge in [-0.15, -0.1) is 5.10 Å². The molecule has 1 saturated heterocycles. The minimum Gasteiger partial charge on any atom is -0.348 e. The average Bonchev–Trinajstić information content (AvgIpc) is 3.35. The molecule has 138 valence electrons. The monoisotopic (exact) mass is 353 g/mol. The van der Waals surface area contributed by atoms with E-state index in [0.29, 0.717) is 6.54 Å². The summed E-state index contributed by atoms with van der Waals surface area (Å²) in [5, 5.41) is 11.0. The smallest absolute Gasteiger partial charge is 0.251 e. The van der Waals surface area contributed by atoms with Crippen LogP contribution >= 0.6 is 0 Å². The van der Waals surface area contributed by atoms with Gasteiger partial charge in [0, 0.05) is 36.9 Å². The highest BCUT2D eigenvalue weighted by Gasteiger charge is 2.29. The molecule has 1 aliphatic carbocycles. The lowest BCUT2D eigenvalue weighted by Gasteiger charge is -2.31. The zero-order chi connectivity index (χ0) is 17.8. The maximum atomic E-state index is 12.6. The zero-order valence-corrected chi connectivity index (χ0v) is 15.2. The van der Waals surface area contributed by atoms with Crippen LogP contribution in [-0.2, 0) is 6.54 Å². The molecule has 6 nitrogen and oxygen atoms in total. The number of benzene rings is 1. The number of nitrogens with one attached hydrogen (secondary N) is 1. The summed E-state index contributed by atoms with van der Waals surface area (Å²) < 4.78 is 1.77. The van der Waals surface area contributed by atoms with Crippen LogP contribution in [0, 0.1) is 0 Å². The summed E-state index contributed by atoms with van der Waals surface area (Å²) in [4.78, 5) is 15.1. The second kappa shape index (κ2) is 7.99. The van der Waals surface area contributed by atoms with Crippen LogP contribution in [0.3, 0.4) is 0 Å². The van der Waals surface area contributed by atoms with E-state index < -0.39 is 0 Å². The molecule has 1 unspecified atom stereocenters. The molecule has 1 aromatic heterocycles. The largest absolute Gasteiger partial charge is 0.348 e. The molecule has 4 rings (SSSR count). The Kier molecular flexibility index (Phi) is 5.29. The van der Waals surface area contributed by atoms with Gasteiger partial charge >= 0.3 is 0 Å². The van der Waals surface area contributed by atoms with Gasteiger partial charge in [0.2, 0.25) is 0 Å². The van der Waals surface area contributed by atoms with E-state index in [2.05, 4.69) is 20.5 Å². The molecule has 6 heteroatoms. The summed E-state index contributed by atoms with van der Waals surface area (Å²) in [6, 6.07) is 8.78. The third kappa shape index (κ3) is 4.12. The van der Waals surface area contributed by atoms with Crippen LogP contribution in [0.15, 0.2) is 36.7 Å². The second-order valence-corrected chi connectivity index (χ2v) is 7.54. The lowest BCUT2D eigenvalue weighted by atomic mass is 9.94. The number of hydrogen-bond acceptors (Lipinski definition) is 4. The Balaban J connectivity index is 1.29. The number of hydrogen-bond donors (Lipinski definition) is 1. The third-order valence-corrected chi connectivity index (χ3v) is 5.68. The molecule has 1 aliphatic heterocycles. The highest BCUT2D eigenvalue weighted by molar-refractivity contribution is 5.94.